The normalized spacial score (nSPS) is 17.3. The lowest BCUT2D eigenvalue weighted by Gasteiger charge is -2.34. The predicted octanol–water partition coefficient (Wildman–Crippen LogP) is 1.67. The fourth-order valence-corrected chi connectivity index (χ4v) is 6.31. The number of sulfonamides is 1. The van der Waals surface area contributed by atoms with Gasteiger partial charge in [-0.15, -0.1) is 0 Å². The van der Waals surface area contributed by atoms with E-state index in [1.54, 1.807) is 31.2 Å². The SMILES string of the molecule is Cc1ccc(C)c(S(=O)(=O)N2CCN(C(=O)CC[C@@H](C(=O)O)N3C(=O)c4ccccc4C3=O)CC2)c1. The first-order valence-electron chi connectivity index (χ1n) is 11.6. The maximum Gasteiger partial charge on any atom is 0.326 e. The summed E-state index contributed by atoms with van der Waals surface area (Å²) in [4.78, 5) is 52.5. The van der Waals surface area contributed by atoms with Gasteiger partial charge in [-0.1, -0.05) is 24.3 Å². The van der Waals surface area contributed by atoms with E-state index in [9.17, 15) is 32.7 Å². The second-order valence-corrected chi connectivity index (χ2v) is 10.9. The summed E-state index contributed by atoms with van der Waals surface area (Å²) in [5.74, 6) is -3.12. The van der Waals surface area contributed by atoms with Gasteiger partial charge in [-0.05, 0) is 49.6 Å². The van der Waals surface area contributed by atoms with Crippen LogP contribution in [0.4, 0.5) is 0 Å². The van der Waals surface area contributed by atoms with Crippen molar-refractivity contribution in [2.45, 2.75) is 37.6 Å². The van der Waals surface area contributed by atoms with Crippen LogP contribution in [-0.2, 0) is 19.6 Å². The third-order valence-electron chi connectivity index (χ3n) is 6.61. The van der Waals surface area contributed by atoms with Gasteiger partial charge in [0.2, 0.25) is 15.9 Å². The van der Waals surface area contributed by atoms with Crippen molar-refractivity contribution in [2.75, 3.05) is 26.2 Å². The minimum Gasteiger partial charge on any atom is -0.480 e. The van der Waals surface area contributed by atoms with Gasteiger partial charge >= 0.3 is 5.97 Å². The van der Waals surface area contributed by atoms with E-state index in [0.717, 1.165) is 5.56 Å². The molecule has 0 aliphatic carbocycles. The summed E-state index contributed by atoms with van der Waals surface area (Å²) in [5.41, 5.74) is 1.76. The highest BCUT2D eigenvalue weighted by Crippen LogP contribution is 2.27. The first-order chi connectivity index (χ1) is 17.0. The van der Waals surface area contributed by atoms with Crippen molar-refractivity contribution in [2.24, 2.45) is 0 Å². The molecule has 0 unspecified atom stereocenters. The van der Waals surface area contributed by atoms with Gasteiger partial charge in [0.25, 0.3) is 11.8 Å². The third-order valence-corrected chi connectivity index (χ3v) is 8.65. The minimum atomic E-state index is -3.71. The molecular weight excluding hydrogens is 486 g/mol. The van der Waals surface area contributed by atoms with Crippen molar-refractivity contribution >= 4 is 33.7 Å². The van der Waals surface area contributed by atoms with Crippen LogP contribution in [0.15, 0.2) is 47.4 Å². The van der Waals surface area contributed by atoms with Crippen LogP contribution in [0.5, 0.6) is 0 Å². The standard InChI is InChI=1S/C25H27N3O7S/c1-16-7-8-17(2)21(15-16)36(34,35)27-13-11-26(12-14-27)22(29)10-9-20(25(32)33)28-23(30)18-5-3-4-6-19(18)24(28)31/h3-8,15,20H,9-14H2,1-2H3,(H,32,33)/t20-/m0/s1. The van der Waals surface area contributed by atoms with E-state index in [2.05, 4.69) is 0 Å². The molecule has 1 atom stereocenters. The topological polar surface area (TPSA) is 132 Å². The zero-order valence-electron chi connectivity index (χ0n) is 20.0. The predicted molar refractivity (Wildman–Crippen MR) is 129 cm³/mol. The summed E-state index contributed by atoms with van der Waals surface area (Å²) >= 11 is 0. The van der Waals surface area contributed by atoms with Gasteiger partial charge in [-0.25, -0.2) is 13.2 Å². The molecule has 36 heavy (non-hydrogen) atoms. The Labute approximate surface area is 209 Å². The fraction of sp³-hybridized carbons (Fsp3) is 0.360. The highest BCUT2D eigenvalue weighted by molar-refractivity contribution is 7.89. The Balaban J connectivity index is 1.38. The highest BCUT2D eigenvalue weighted by Gasteiger charge is 2.43. The van der Waals surface area contributed by atoms with Gasteiger partial charge in [0.1, 0.15) is 6.04 Å². The average Bonchev–Trinajstić information content (AvgIpc) is 3.10. The molecule has 0 spiro atoms. The zero-order chi connectivity index (χ0) is 26.2. The molecule has 0 aromatic heterocycles. The van der Waals surface area contributed by atoms with Crippen LogP contribution < -0.4 is 0 Å². The van der Waals surface area contributed by atoms with Gasteiger partial charge in [0, 0.05) is 32.6 Å². The Bertz CT molecular complexity index is 1310. The molecule has 4 rings (SSSR count). The number of rotatable bonds is 7. The molecule has 0 bridgehead atoms. The number of carbonyl (C=O) groups excluding carboxylic acids is 3. The van der Waals surface area contributed by atoms with Crippen LogP contribution in [0.1, 0.15) is 44.7 Å². The van der Waals surface area contributed by atoms with E-state index >= 15 is 0 Å². The van der Waals surface area contributed by atoms with Gasteiger partial charge in [-0.3, -0.25) is 19.3 Å². The first kappa shape index (κ1) is 25.5. The number of nitrogens with zero attached hydrogens (tertiary/aromatic N) is 3. The molecule has 10 nitrogen and oxygen atoms in total. The molecule has 2 heterocycles. The first-order valence-corrected chi connectivity index (χ1v) is 13.0. The Morgan fingerprint density at radius 1 is 0.944 bits per heavy atom. The molecule has 190 valence electrons. The molecular formula is C25H27N3O7S. The zero-order valence-corrected chi connectivity index (χ0v) is 20.8. The summed E-state index contributed by atoms with van der Waals surface area (Å²) in [7, 11) is -3.71. The van der Waals surface area contributed by atoms with Crippen molar-refractivity contribution in [1.82, 2.24) is 14.1 Å². The number of carbonyl (C=O) groups is 4. The maximum absolute atomic E-state index is 13.1. The van der Waals surface area contributed by atoms with E-state index in [1.165, 1.54) is 21.3 Å². The second-order valence-electron chi connectivity index (χ2n) is 8.97. The number of piperazine rings is 1. The van der Waals surface area contributed by atoms with E-state index in [1.807, 2.05) is 13.0 Å². The van der Waals surface area contributed by atoms with Gasteiger partial charge in [-0.2, -0.15) is 4.31 Å². The lowest BCUT2D eigenvalue weighted by atomic mass is 10.1. The molecule has 1 fully saturated rings. The highest BCUT2D eigenvalue weighted by atomic mass is 32.2. The number of fused-ring (bicyclic) bond motifs is 1. The van der Waals surface area contributed by atoms with Gasteiger partial charge in [0.05, 0.1) is 16.0 Å². The summed E-state index contributed by atoms with van der Waals surface area (Å²) in [6.45, 7) is 4.10. The number of aliphatic carboxylic acids is 1. The minimum absolute atomic E-state index is 0.113. The largest absolute Gasteiger partial charge is 0.480 e. The number of amides is 3. The molecule has 2 aliphatic heterocycles. The van der Waals surface area contributed by atoms with Crippen molar-refractivity contribution in [3.8, 4) is 0 Å². The quantitative estimate of drug-likeness (QED) is 0.557. The molecule has 11 heteroatoms. The van der Waals surface area contributed by atoms with E-state index in [0.29, 0.717) is 10.5 Å². The van der Waals surface area contributed by atoms with Crippen molar-refractivity contribution in [3.63, 3.8) is 0 Å². The number of benzene rings is 2. The summed E-state index contributed by atoms with van der Waals surface area (Å²) in [6, 6.07) is 9.86. The summed E-state index contributed by atoms with van der Waals surface area (Å²) in [5, 5.41) is 9.70. The Morgan fingerprint density at radius 3 is 2.08 bits per heavy atom. The number of aryl methyl sites for hydroxylation is 2. The number of carboxylic acid groups (broad SMARTS) is 1. The number of hydrogen-bond acceptors (Lipinski definition) is 6. The summed E-state index contributed by atoms with van der Waals surface area (Å²) < 4.78 is 27.6. The van der Waals surface area contributed by atoms with Gasteiger partial charge in [0.15, 0.2) is 0 Å². The lowest BCUT2D eigenvalue weighted by molar-refractivity contribution is -0.142. The van der Waals surface area contributed by atoms with Crippen LogP contribution in [0.2, 0.25) is 0 Å². The molecule has 2 aromatic carbocycles. The second kappa shape index (κ2) is 9.82. The van der Waals surface area contributed by atoms with Crippen LogP contribution in [0.3, 0.4) is 0 Å². The molecule has 2 aromatic rings. The Hall–Kier alpha value is -3.57. The van der Waals surface area contributed by atoms with Crippen molar-refractivity contribution < 1.29 is 32.7 Å². The third kappa shape index (κ3) is 4.63. The molecule has 0 radical (unpaired) electrons. The van der Waals surface area contributed by atoms with E-state index in [4.69, 9.17) is 0 Å². The molecule has 1 saturated heterocycles. The van der Waals surface area contributed by atoms with Crippen LogP contribution in [0, 0.1) is 13.8 Å². The van der Waals surface area contributed by atoms with Crippen molar-refractivity contribution in [1.29, 1.82) is 0 Å². The maximum atomic E-state index is 13.1. The van der Waals surface area contributed by atoms with Crippen LogP contribution in [0.25, 0.3) is 0 Å². The molecule has 1 N–H and O–H groups in total. The fourth-order valence-electron chi connectivity index (χ4n) is 4.57. The number of hydrogen-bond donors (Lipinski definition) is 1. The Morgan fingerprint density at radius 2 is 1.53 bits per heavy atom. The molecule has 2 aliphatic rings. The monoisotopic (exact) mass is 513 g/mol. The number of carboxylic acids is 1. The summed E-state index contributed by atoms with van der Waals surface area (Å²) in [6.07, 6.45) is -0.436. The molecule has 0 saturated carbocycles. The van der Waals surface area contributed by atoms with Crippen LogP contribution >= 0.6 is 0 Å². The van der Waals surface area contributed by atoms with Crippen molar-refractivity contribution in [3.05, 3.63) is 64.7 Å². The molecule has 3 amide bonds. The van der Waals surface area contributed by atoms with Crippen LogP contribution in [-0.4, -0.2) is 83.5 Å². The van der Waals surface area contributed by atoms with E-state index in [-0.39, 0.29) is 61.0 Å². The Kier molecular flexibility index (Phi) is 6.96. The van der Waals surface area contributed by atoms with Gasteiger partial charge < -0.3 is 10.0 Å². The average molecular weight is 514 g/mol. The smallest absolute Gasteiger partial charge is 0.326 e. The lowest BCUT2D eigenvalue weighted by Crippen LogP contribution is -2.51. The number of imide groups is 1. The van der Waals surface area contributed by atoms with E-state index < -0.39 is 33.8 Å².